The van der Waals surface area contributed by atoms with Crippen molar-refractivity contribution in [2.75, 3.05) is 6.54 Å². The van der Waals surface area contributed by atoms with Gasteiger partial charge in [0, 0.05) is 44.1 Å². The number of pyridine rings is 1. The summed E-state index contributed by atoms with van der Waals surface area (Å²) >= 11 is 0. The number of ether oxygens (including phenoxy) is 1. The van der Waals surface area contributed by atoms with Crippen molar-refractivity contribution in [1.29, 1.82) is 0 Å². The number of hydroxylamine groups is 2. The summed E-state index contributed by atoms with van der Waals surface area (Å²) in [4.78, 5) is 55.3. The van der Waals surface area contributed by atoms with Crippen LogP contribution in [0.25, 0.3) is 11.3 Å². The number of amides is 3. The van der Waals surface area contributed by atoms with Gasteiger partial charge in [-0.25, -0.2) is 9.78 Å². The standard InChI is InChI=1S/C22H20N6O6/c1-14(29)23-9-10-27-13-18(25-26-27)15-3-2-4-17(11-15)33-19-6-5-16(12-24-19)22(32)34-28-20(30)7-8-21(28)31/h2-6,11-13H,7-10H2,1H3,(H,23,29). The molecule has 1 saturated heterocycles. The fourth-order valence-corrected chi connectivity index (χ4v) is 3.08. The second-order valence-electron chi connectivity index (χ2n) is 7.33. The van der Waals surface area contributed by atoms with Crippen molar-refractivity contribution in [3.05, 3.63) is 54.4 Å². The minimum Gasteiger partial charge on any atom is -0.439 e. The summed E-state index contributed by atoms with van der Waals surface area (Å²) in [6.45, 7) is 2.38. The molecule has 34 heavy (non-hydrogen) atoms. The maximum absolute atomic E-state index is 12.2. The molecule has 0 aliphatic carbocycles. The first-order valence-electron chi connectivity index (χ1n) is 10.4. The van der Waals surface area contributed by atoms with Crippen LogP contribution in [0.3, 0.4) is 0 Å². The van der Waals surface area contributed by atoms with Crippen LogP contribution in [-0.2, 0) is 25.8 Å². The number of nitrogens with zero attached hydrogens (tertiary/aromatic N) is 5. The van der Waals surface area contributed by atoms with E-state index in [2.05, 4.69) is 20.6 Å². The molecule has 4 rings (SSSR count). The molecule has 1 N–H and O–H groups in total. The Balaban J connectivity index is 1.38. The molecule has 12 nitrogen and oxygen atoms in total. The minimum absolute atomic E-state index is 0.0174. The minimum atomic E-state index is -0.869. The van der Waals surface area contributed by atoms with Gasteiger partial charge in [0.15, 0.2) is 0 Å². The Morgan fingerprint density at radius 3 is 2.62 bits per heavy atom. The number of hydrogen-bond donors (Lipinski definition) is 1. The van der Waals surface area contributed by atoms with Crippen molar-refractivity contribution in [3.8, 4) is 22.9 Å². The highest BCUT2D eigenvalue weighted by Crippen LogP contribution is 2.25. The molecule has 3 heterocycles. The molecule has 0 radical (unpaired) electrons. The van der Waals surface area contributed by atoms with E-state index in [4.69, 9.17) is 9.57 Å². The van der Waals surface area contributed by atoms with Crippen LogP contribution < -0.4 is 10.1 Å². The molecule has 3 aromatic rings. The van der Waals surface area contributed by atoms with Gasteiger partial charge in [0.1, 0.15) is 11.4 Å². The zero-order chi connectivity index (χ0) is 24.1. The molecule has 1 aliphatic heterocycles. The SMILES string of the molecule is CC(=O)NCCn1cc(-c2cccc(Oc3ccc(C(=O)ON4C(=O)CCC4=O)cn3)c2)nn1. The van der Waals surface area contributed by atoms with Crippen molar-refractivity contribution < 1.29 is 28.8 Å². The highest BCUT2D eigenvalue weighted by Gasteiger charge is 2.33. The van der Waals surface area contributed by atoms with Crippen LogP contribution in [0.5, 0.6) is 11.6 Å². The molecular weight excluding hydrogens is 444 g/mol. The van der Waals surface area contributed by atoms with Gasteiger partial charge in [0.2, 0.25) is 11.8 Å². The third kappa shape index (κ3) is 5.41. The maximum atomic E-state index is 12.2. The maximum Gasteiger partial charge on any atom is 0.365 e. The Kier molecular flexibility index (Phi) is 6.57. The van der Waals surface area contributed by atoms with Crippen LogP contribution in [0.4, 0.5) is 0 Å². The van der Waals surface area contributed by atoms with Gasteiger partial charge in [0.05, 0.1) is 18.3 Å². The topological polar surface area (TPSA) is 146 Å². The van der Waals surface area contributed by atoms with E-state index in [1.54, 1.807) is 29.1 Å². The van der Waals surface area contributed by atoms with Crippen LogP contribution in [0, 0.1) is 0 Å². The molecule has 2 aromatic heterocycles. The first kappa shape index (κ1) is 22.6. The Morgan fingerprint density at radius 1 is 1.12 bits per heavy atom. The molecule has 0 saturated carbocycles. The van der Waals surface area contributed by atoms with E-state index in [9.17, 15) is 19.2 Å². The first-order chi connectivity index (χ1) is 16.4. The summed E-state index contributed by atoms with van der Waals surface area (Å²) < 4.78 is 7.38. The molecule has 0 spiro atoms. The summed E-state index contributed by atoms with van der Waals surface area (Å²) in [5.74, 6) is -1.38. The Bertz CT molecular complexity index is 1220. The lowest BCUT2D eigenvalue weighted by Gasteiger charge is -2.12. The Morgan fingerprint density at radius 2 is 1.91 bits per heavy atom. The highest BCUT2D eigenvalue weighted by atomic mass is 16.7. The van der Waals surface area contributed by atoms with Gasteiger partial charge in [-0.2, -0.15) is 0 Å². The molecule has 0 unspecified atom stereocenters. The van der Waals surface area contributed by atoms with E-state index < -0.39 is 17.8 Å². The molecule has 1 aromatic carbocycles. The number of hydrogen-bond acceptors (Lipinski definition) is 9. The second-order valence-corrected chi connectivity index (χ2v) is 7.33. The number of carbonyl (C=O) groups excluding carboxylic acids is 4. The van der Waals surface area contributed by atoms with Gasteiger partial charge in [-0.05, 0) is 18.2 Å². The van der Waals surface area contributed by atoms with Gasteiger partial charge < -0.3 is 14.9 Å². The molecule has 1 fully saturated rings. The number of imide groups is 1. The fraction of sp³-hybridized carbons (Fsp3) is 0.227. The number of benzene rings is 1. The molecular formula is C22H20N6O6. The van der Waals surface area contributed by atoms with Crippen molar-refractivity contribution in [2.24, 2.45) is 0 Å². The van der Waals surface area contributed by atoms with Crippen LogP contribution >= 0.6 is 0 Å². The highest BCUT2D eigenvalue weighted by molar-refractivity contribution is 6.02. The van der Waals surface area contributed by atoms with Crippen LogP contribution in [0.2, 0.25) is 0 Å². The molecule has 0 bridgehead atoms. The van der Waals surface area contributed by atoms with Crippen molar-refractivity contribution in [1.82, 2.24) is 30.4 Å². The molecule has 1 aliphatic rings. The summed E-state index contributed by atoms with van der Waals surface area (Å²) in [7, 11) is 0. The number of aromatic nitrogens is 4. The summed E-state index contributed by atoms with van der Waals surface area (Å²) in [6, 6.07) is 10.0. The van der Waals surface area contributed by atoms with Crippen molar-refractivity contribution in [2.45, 2.75) is 26.3 Å². The summed E-state index contributed by atoms with van der Waals surface area (Å²) in [5, 5.41) is 11.4. The van der Waals surface area contributed by atoms with Crippen molar-refractivity contribution in [3.63, 3.8) is 0 Å². The van der Waals surface area contributed by atoms with Crippen LogP contribution in [0.1, 0.15) is 30.1 Å². The zero-order valence-corrected chi connectivity index (χ0v) is 18.1. The average Bonchev–Trinajstić information content (AvgIpc) is 3.42. The van der Waals surface area contributed by atoms with E-state index in [1.807, 2.05) is 6.07 Å². The van der Waals surface area contributed by atoms with E-state index in [0.29, 0.717) is 29.6 Å². The van der Waals surface area contributed by atoms with E-state index in [0.717, 1.165) is 5.56 Å². The first-order valence-corrected chi connectivity index (χ1v) is 10.4. The van der Waals surface area contributed by atoms with Crippen molar-refractivity contribution >= 4 is 23.7 Å². The fourth-order valence-electron chi connectivity index (χ4n) is 3.08. The third-order valence-corrected chi connectivity index (χ3v) is 4.76. The van der Waals surface area contributed by atoms with Crippen LogP contribution in [0.15, 0.2) is 48.8 Å². The predicted molar refractivity (Wildman–Crippen MR) is 115 cm³/mol. The van der Waals surface area contributed by atoms with Gasteiger partial charge >= 0.3 is 5.97 Å². The van der Waals surface area contributed by atoms with Gasteiger partial charge in [0.25, 0.3) is 11.8 Å². The number of nitrogens with one attached hydrogen (secondary N) is 1. The lowest BCUT2D eigenvalue weighted by Crippen LogP contribution is -2.32. The summed E-state index contributed by atoms with van der Waals surface area (Å²) in [6.07, 6.45) is 3.02. The van der Waals surface area contributed by atoms with Gasteiger partial charge in [-0.3, -0.25) is 19.1 Å². The molecule has 3 amide bonds. The Hall–Kier alpha value is -4.61. The lowest BCUT2D eigenvalue weighted by atomic mass is 10.1. The largest absolute Gasteiger partial charge is 0.439 e. The molecule has 174 valence electrons. The average molecular weight is 464 g/mol. The van der Waals surface area contributed by atoms with E-state index in [1.165, 1.54) is 25.3 Å². The van der Waals surface area contributed by atoms with Gasteiger partial charge in [-0.15, -0.1) is 10.2 Å². The summed E-state index contributed by atoms with van der Waals surface area (Å²) in [5.41, 5.74) is 1.46. The quantitative estimate of drug-likeness (QED) is 0.490. The molecule has 0 atom stereocenters. The van der Waals surface area contributed by atoms with E-state index in [-0.39, 0.29) is 30.2 Å². The lowest BCUT2D eigenvalue weighted by molar-refractivity contribution is -0.172. The molecule has 12 heteroatoms. The second kappa shape index (κ2) is 9.90. The normalized spacial score (nSPS) is 13.1. The monoisotopic (exact) mass is 464 g/mol. The number of carbonyl (C=O) groups is 4. The van der Waals surface area contributed by atoms with Gasteiger partial charge in [-0.1, -0.05) is 17.3 Å². The smallest absolute Gasteiger partial charge is 0.365 e. The third-order valence-electron chi connectivity index (χ3n) is 4.76. The zero-order valence-electron chi connectivity index (χ0n) is 18.1. The predicted octanol–water partition coefficient (Wildman–Crippen LogP) is 1.49. The van der Waals surface area contributed by atoms with Crippen LogP contribution in [-0.4, -0.2) is 55.3 Å². The number of rotatable bonds is 8. The van der Waals surface area contributed by atoms with E-state index >= 15 is 0 Å². The Labute approximate surface area is 193 Å².